The van der Waals surface area contributed by atoms with E-state index in [0.717, 1.165) is 12.1 Å². The molecule has 134 valence electrons. The third kappa shape index (κ3) is 4.31. The number of hydrogen-bond acceptors (Lipinski definition) is 3. The molecule has 0 aliphatic carbocycles. The maximum Gasteiger partial charge on any atom is 0.573 e. The molecule has 1 fully saturated rings. The number of hydrogen-bond donors (Lipinski definition) is 1. The van der Waals surface area contributed by atoms with Crippen LogP contribution in [0.2, 0.25) is 0 Å². The fraction of sp³-hybridized carbons (Fsp3) is 0.500. The zero-order valence-corrected chi connectivity index (χ0v) is 12.1. The Balaban J connectivity index is 2.11. The molecule has 1 aliphatic rings. The summed E-state index contributed by atoms with van der Waals surface area (Å²) < 4.78 is 77.6. The summed E-state index contributed by atoms with van der Waals surface area (Å²) in [6, 6.07) is 4.61. The highest BCUT2D eigenvalue weighted by atomic mass is 19.4. The number of alkyl halides is 6. The van der Waals surface area contributed by atoms with Crippen molar-refractivity contribution >= 4 is 5.91 Å². The lowest BCUT2D eigenvalue weighted by molar-refractivity contribution is -0.274. The molecule has 1 aliphatic heterocycles. The van der Waals surface area contributed by atoms with Crippen LogP contribution in [0, 0.1) is 0 Å². The van der Waals surface area contributed by atoms with Gasteiger partial charge in [-0.3, -0.25) is 4.79 Å². The number of piperidine rings is 1. The average molecular weight is 357 g/mol. The summed E-state index contributed by atoms with van der Waals surface area (Å²) in [7, 11) is 0. The molecule has 1 aromatic carbocycles. The van der Waals surface area contributed by atoms with E-state index in [1.807, 2.05) is 0 Å². The zero-order valence-electron chi connectivity index (χ0n) is 12.1. The van der Waals surface area contributed by atoms with Crippen LogP contribution in [-0.4, -0.2) is 41.5 Å². The normalized spacial score (nSPS) is 18.4. The Labute approximate surface area is 132 Å². The molecule has 2 rings (SSSR count). The molecule has 24 heavy (non-hydrogen) atoms. The highest BCUT2D eigenvalue weighted by molar-refractivity contribution is 5.82. The van der Waals surface area contributed by atoms with E-state index in [2.05, 4.69) is 4.74 Å². The van der Waals surface area contributed by atoms with Crippen LogP contribution in [0.5, 0.6) is 5.75 Å². The minimum absolute atomic E-state index is 0.0864. The number of likely N-dealkylation sites (tertiary alicyclic amines) is 1. The Hall–Kier alpha value is -1.97. The van der Waals surface area contributed by atoms with Gasteiger partial charge in [-0.15, -0.1) is 13.2 Å². The van der Waals surface area contributed by atoms with Gasteiger partial charge in [-0.1, -0.05) is 12.1 Å². The van der Waals surface area contributed by atoms with Gasteiger partial charge >= 0.3 is 18.4 Å². The van der Waals surface area contributed by atoms with E-state index < -0.39 is 29.8 Å². The van der Waals surface area contributed by atoms with Crippen molar-refractivity contribution in [2.75, 3.05) is 13.1 Å². The van der Waals surface area contributed by atoms with Crippen molar-refractivity contribution < 1.29 is 41.0 Å². The van der Waals surface area contributed by atoms with Crippen LogP contribution in [0.25, 0.3) is 0 Å². The van der Waals surface area contributed by atoms with Gasteiger partial charge in [-0.25, -0.2) is 0 Å². The van der Waals surface area contributed by atoms with Crippen molar-refractivity contribution in [3.05, 3.63) is 29.8 Å². The molecule has 1 N–H and O–H groups in total. The molecule has 0 unspecified atom stereocenters. The summed E-state index contributed by atoms with van der Waals surface area (Å²) in [4.78, 5) is 11.7. The topological polar surface area (TPSA) is 49.8 Å². The van der Waals surface area contributed by atoms with E-state index >= 15 is 0 Å². The molecule has 4 nitrogen and oxygen atoms in total. The molecule has 0 saturated carbocycles. The first kappa shape index (κ1) is 18.4. The number of nitrogens with zero attached hydrogens (tertiary/aromatic N) is 1. The van der Waals surface area contributed by atoms with Gasteiger partial charge < -0.3 is 14.7 Å². The fourth-order valence-electron chi connectivity index (χ4n) is 2.53. The van der Waals surface area contributed by atoms with Gasteiger partial charge in [0.2, 0.25) is 0 Å². The monoisotopic (exact) mass is 357 g/mol. The summed E-state index contributed by atoms with van der Waals surface area (Å²) >= 11 is 0. The standard InChI is InChI=1S/C14H13F6NO3/c15-13(16,17)11(22)21-6-4-12(23,5-7-21)9-2-1-3-10(8-9)24-14(18,19)20/h1-3,8,23H,4-7H2. The highest BCUT2D eigenvalue weighted by Crippen LogP contribution is 2.36. The molecule has 0 aromatic heterocycles. The summed E-state index contributed by atoms with van der Waals surface area (Å²) in [5, 5.41) is 10.5. The van der Waals surface area contributed by atoms with Crippen LogP contribution < -0.4 is 4.74 Å². The lowest BCUT2D eigenvalue weighted by Gasteiger charge is -2.38. The first-order chi connectivity index (χ1) is 10.9. The van der Waals surface area contributed by atoms with Crippen LogP contribution in [0.3, 0.4) is 0 Å². The number of ether oxygens (including phenoxy) is 1. The lowest BCUT2D eigenvalue weighted by Crippen LogP contribution is -2.49. The molecule has 0 atom stereocenters. The number of halogens is 6. The Morgan fingerprint density at radius 1 is 1.12 bits per heavy atom. The van der Waals surface area contributed by atoms with Crippen molar-refractivity contribution in [2.45, 2.75) is 31.0 Å². The third-order valence-electron chi connectivity index (χ3n) is 3.73. The lowest BCUT2D eigenvalue weighted by atomic mass is 9.84. The molecule has 0 bridgehead atoms. The van der Waals surface area contributed by atoms with Crippen LogP contribution in [-0.2, 0) is 10.4 Å². The molecule has 0 spiro atoms. The maximum atomic E-state index is 12.4. The van der Waals surface area contributed by atoms with Gasteiger partial charge in [0.05, 0.1) is 5.60 Å². The van der Waals surface area contributed by atoms with Gasteiger partial charge in [-0.2, -0.15) is 13.2 Å². The third-order valence-corrected chi connectivity index (χ3v) is 3.73. The number of rotatable bonds is 2. The largest absolute Gasteiger partial charge is 0.573 e. The second kappa shape index (κ2) is 6.15. The molecule has 10 heteroatoms. The second-order valence-electron chi connectivity index (χ2n) is 5.40. The predicted molar refractivity (Wildman–Crippen MR) is 68.9 cm³/mol. The number of aliphatic hydroxyl groups is 1. The van der Waals surface area contributed by atoms with Gasteiger partial charge in [0.25, 0.3) is 0 Å². The molecular weight excluding hydrogens is 344 g/mol. The van der Waals surface area contributed by atoms with E-state index in [4.69, 9.17) is 0 Å². The van der Waals surface area contributed by atoms with Crippen LogP contribution in [0.1, 0.15) is 18.4 Å². The summed E-state index contributed by atoms with van der Waals surface area (Å²) in [5.74, 6) is -2.54. The minimum atomic E-state index is -5.00. The molecule has 1 saturated heterocycles. The van der Waals surface area contributed by atoms with Crippen molar-refractivity contribution in [1.29, 1.82) is 0 Å². The number of carbonyl (C=O) groups is 1. The first-order valence-corrected chi connectivity index (χ1v) is 6.85. The smallest absolute Gasteiger partial charge is 0.406 e. The minimum Gasteiger partial charge on any atom is -0.406 e. The molecule has 1 amide bonds. The maximum absolute atomic E-state index is 12.4. The Morgan fingerprint density at radius 3 is 2.21 bits per heavy atom. The SMILES string of the molecule is O=C(N1CCC(O)(c2cccc(OC(F)(F)F)c2)CC1)C(F)(F)F. The predicted octanol–water partition coefficient (Wildman–Crippen LogP) is 2.96. The zero-order chi connectivity index (χ0) is 18.2. The average Bonchev–Trinajstić information content (AvgIpc) is 2.45. The first-order valence-electron chi connectivity index (χ1n) is 6.85. The Kier molecular flexibility index (Phi) is 4.71. The Morgan fingerprint density at radius 2 is 1.71 bits per heavy atom. The summed E-state index contributed by atoms with van der Waals surface area (Å²) in [6.07, 6.45) is -10.4. The number of amides is 1. The molecular formula is C14H13F6NO3. The van der Waals surface area contributed by atoms with E-state index in [-0.39, 0.29) is 31.5 Å². The number of carbonyl (C=O) groups excluding carboxylic acids is 1. The van der Waals surface area contributed by atoms with Crippen molar-refractivity contribution in [1.82, 2.24) is 4.90 Å². The van der Waals surface area contributed by atoms with E-state index in [1.54, 1.807) is 0 Å². The molecule has 1 aromatic rings. The summed E-state index contributed by atoms with van der Waals surface area (Å²) in [5.41, 5.74) is -1.55. The van der Waals surface area contributed by atoms with E-state index in [0.29, 0.717) is 4.90 Å². The van der Waals surface area contributed by atoms with E-state index in [1.165, 1.54) is 12.1 Å². The van der Waals surface area contributed by atoms with Crippen LogP contribution in [0.4, 0.5) is 26.3 Å². The Bertz CT molecular complexity index is 605. The quantitative estimate of drug-likeness (QED) is 0.828. The second-order valence-corrected chi connectivity index (χ2v) is 5.40. The fourth-order valence-corrected chi connectivity index (χ4v) is 2.53. The summed E-state index contributed by atoms with van der Waals surface area (Å²) in [6.45, 7) is -0.724. The van der Waals surface area contributed by atoms with Crippen LogP contribution >= 0.6 is 0 Å². The van der Waals surface area contributed by atoms with Crippen molar-refractivity contribution in [3.63, 3.8) is 0 Å². The van der Waals surface area contributed by atoms with Gasteiger partial charge in [0.15, 0.2) is 0 Å². The molecule has 1 heterocycles. The van der Waals surface area contributed by atoms with Crippen molar-refractivity contribution in [2.24, 2.45) is 0 Å². The molecule has 0 radical (unpaired) electrons. The number of benzene rings is 1. The van der Waals surface area contributed by atoms with Gasteiger partial charge in [0, 0.05) is 13.1 Å². The van der Waals surface area contributed by atoms with Gasteiger partial charge in [0.1, 0.15) is 5.75 Å². The highest BCUT2D eigenvalue weighted by Gasteiger charge is 2.45. The van der Waals surface area contributed by atoms with Crippen molar-refractivity contribution in [3.8, 4) is 5.75 Å². The van der Waals surface area contributed by atoms with E-state index in [9.17, 15) is 36.2 Å². The van der Waals surface area contributed by atoms with Gasteiger partial charge in [-0.05, 0) is 30.5 Å². The van der Waals surface area contributed by atoms with Crippen LogP contribution in [0.15, 0.2) is 24.3 Å².